The molecule has 11 rings (SSSR count). The minimum absolute atomic E-state index is 0.0354. The number of ether oxygens (including phenoxy) is 1. The van der Waals surface area contributed by atoms with Crippen LogP contribution in [0, 0.1) is 0 Å². The molecule has 0 N–H and O–H groups in total. The summed E-state index contributed by atoms with van der Waals surface area (Å²) in [5.74, 6) is 2.44. The molecule has 10 aromatic rings. The van der Waals surface area contributed by atoms with Crippen LogP contribution in [0.15, 0.2) is 128 Å². The van der Waals surface area contributed by atoms with Gasteiger partial charge in [0.2, 0.25) is 0 Å². The number of benzene rings is 5. The molecule has 0 spiro atoms. The maximum atomic E-state index is 6.84. The zero-order valence-electron chi connectivity index (χ0n) is 30.2. The summed E-state index contributed by atoms with van der Waals surface area (Å²) < 4.78 is 14.1. The molecule has 0 amide bonds. The highest BCUT2D eigenvalue weighted by Crippen LogP contribution is 2.50. The number of para-hydroxylation sites is 1. The quantitative estimate of drug-likeness (QED) is 0.184. The van der Waals surface area contributed by atoms with Gasteiger partial charge in [0.1, 0.15) is 23.0 Å². The van der Waals surface area contributed by atoms with Gasteiger partial charge in [0.05, 0.1) is 22.2 Å². The van der Waals surface area contributed by atoms with Crippen molar-refractivity contribution in [2.45, 2.75) is 45.4 Å². The third-order valence-corrected chi connectivity index (χ3v) is 12.5. The number of hydrogen-bond acceptors (Lipinski definition) is 4. The molecule has 0 saturated carbocycles. The van der Waals surface area contributed by atoms with E-state index >= 15 is 0 Å². The summed E-state index contributed by atoms with van der Waals surface area (Å²) in [6.45, 7) is 11.5. The lowest BCUT2D eigenvalue weighted by Crippen LogP contribution is -2.26. The number of aromatic nitrogens is 4. The van der Waals surface area contributed by atoms with Crippen molar-refractivity contribution >= 4 is 75.3 Å². The zero-order valence-corrected chi connectivity index (χ0v) is 31.0. The molecule has 0 saturated heterocycles. The first kappa shape index (κ1) is 30.6. The molecule has 1 aliphatic rings. The van der Waals surface area contributed by atoms with Gasteiger partial charge in [-0.25, -0.2) is 9.97 Å². The van der Waals surface area contributed by atoms with Gasteiger partial charge in [0.15, 0.2) is 0 Å². The zero-order chi connectivity index (χ0) is 35.8. The Balaban J connectivity index is 1.12. The topological polar surface area (TPSA) is 44.9 Å². The van der Waals surface area contributed by atoms with Crippen LogP contribution in [0.5, 0.6) is 11.5 Å². The number of fused-ring (bicyclic) bond motifs is 12. The van der Waals surface area contributed by atoms with Gasteiger partial charge in [-0.3, -0.25) is 9.13 Å². The van der Waals surface area contributed by atoms with E-state index in [0.29, 0.717) is 0 Å². The Kier molecular flexibility index (Phi) is 6.10. The molecular weight excluding hydrogens is 669 g/mol. The minimum Gasteiger partial charge on any atom is -0.457 e. The monoisotopic (exact) mass is 704 g/mol. The summed E-state index contributed by atoms with van der Waals surface area (Å²) >= 11 is 1.84. The molecule has 5 aromatic heterocycles. The van der Waals surface area contributed by atoms with Gasteiger partial charge in [-0.05, 0) is 70.6 Å². The molecule has 256 valence electrons. The van der Waals surface area contributed by atoms with E-state index in [-0.39, 0.29) is 10.8 Å². The lowest BCUT2D eigenvalue weighted by atomic mass is 9.74. The number of nitrogens with zero attached hydrogens (tertiary/aromatic N) is 4. The van der Waals surface area contributed by atoms with E-state index in [0.717, 1.165) is 34.2 Å². The SMILES string of the molecule is CC(C)(C)c1ccnc2c1c1cccc3c1n2-c1cc(Oc2ccc4c5ccc6sc7ccccc7c6c5n(-c5ccccn5)c4c2)ccc1C3(C)C. The van der Waals surface area contributed by atoms with Crippen LogP contribution in [0.1, 0.15) is 51.3 Å². The van der Waals surface area contributed by atoms with E-state index in [1.165, 1.54) is 69.4 Å². The van der Waals surface area contributed by atoms with E-state index < -0.39 is 0 Å². The highest BCUT2D eigenvalue weighted by atomic mass is 32.1. The second-order valence-electron chi connectivity index (χ2n) is 15.9. The average molecular weight is 705 g/mol. The molecule has 53 heavy (non-hydrogen) atoms. The first-order valence-electron chi connectivity index (χ1n) is 18.2. The second kappa shape index (κ2) is 10.6. The fourth-order valence-corrected chi connectivity index (χ4v) is 10.1. The van der Waals surface area contributed by atoms with Gasteiger partial charge < -0.3 is 4.74 Å². The molecule has 5 nitrogen and oxygen atoms in total. The highest BCUT2D eigenvalue weighted by Gasteiger charge is 2.36. The first-order chi connectivity index (χ1) is 25.7. The van der Waals surface area contributed by atoms with Crippen molar-refractivity contribution in [2.24, 2.45) is 0 Å². The molecule has 1 aliphatic heterocycles. The van der Waals surface area contributed by atoms with Crippen molar-refractivity contribution in [3.63, 3.8) is 0 Å². The molecular formula is C47H36N4OS. The van der Waals surface area contributed by atoms with Gasteiger partial charge in [-0.15, -0.1) is 11.3 Å². The van der Waals surface area contributed by atoms with Gasteiger partial charge >= 0.3 is 0 Å². The molecule has 0 atom stereocenters. The highest BCUT2D eigenvalue weighted by molar-refractivity contribution is 7.26. The second-order valence-corrected chi connectivity index (χ2v) is 17.0. The predicted octanol–water partition coefficient (Wildman–Crippen LogP) is 12.8. The molecule has 0 unspecified atom stereocenters. The molecule has 6 heterocycles. The summed E-state index contributed by atoms with van der Waals surface area (Å²) in [5.41, 5.74) is 9.19. The van der Waals surface area contributed by atoms with Crippen molar-refractivity contribution in [1.29, 1.82) is 0 Å². The Hall–Kier alpha value is -5.98. The minimum atomic E-state index is -0.209. The normalized spacial score (nSPS) is 13.9. The van der Waals surface area contributed by atoms with Crippen LogP contribution in [0.3, 0.4) is 0 Å². The fraction of sp³-hybridized carbons (Fsp3) is 0.149. The van der Waals surface area contributed by atoms with E-state index in [4.69, 9.17) is 14.7 Å². The van der Waals surface area contributed by atoms with E-state index in [1.54, 1.807) is 0 Å². The summed E-state index contributed by atoms with van der Waals surface area (Å²) in [4.78, 5) is 9.91. The largest absolute Gasteiger partial charge is 0.457 e. The van der Waals surface area contributed by atoms with Crippen LogP contribution in [0.4, 0.5) is 0 Å². The first-order valence-corrected chi connectivity index (χ1v) is 19.1. The summed E-state index contributed by atoms with van der Waals surface area (Å²) in [6, 6.07) is 41.3. The van der Waals surface area contributed by atoms with Crippen LogP contribution in [-0.2, 0) is 10.8 Å². The predicted molar refractivity (Wildman–Crippen MR) is 221 cm³/mol. The summed E-state index contributed by atoms with van der Waals surface area (Å²) in [5, 5.41) is 7.38. The Morgan fingerprint density at radius 2 is 1.40 bits per heavy atom. The summed E-state index contributed by atoms with van der Waals surface area (Å²) in [6.07, 6.45) is 3.83. The third kappa shape index (κ3) is 4.18. The number of hydrogen-bond donors (Lipinski definition) is 0. The molecule has 6 heteroatoms. The lowest BCUT2D eigenvalue weighted by Gasteiger charge is -2.34. The molecule has 0 radical (unpaired) electrons. The van der Waals surface area contributed by atoms with Crippen LogP contribution >= 0.6 is 11.3 Å². The number of thiophene rings is 1. The van der Waals surface area contributed by atoms with Crippen LogP contribution < -0.4 is 4.74 Å². The van der Waals surface area contributed by atoms with Crippen LogP contribution in [0.25, 0.3) is 75.4 Å². The van der Waals surface area contributed by atoms with Crippen molar-refractivity contribution in [3.05, 3.63) is 144 Å². The molecule has 0 bridgehead atoms. The van der Waals surface area contributed by atoms with Crippen LogP contribution in [0.2, 0.25) is 0 Å². The summed E-state index contributed by atoms with van der Waals surface area (Å²) in [7, 11) is 0. The Morgan fingerprint density at radius 1 is 0.604 bits per heavy atom. The molecule has 0 fully saturated rings. The smallest absolute Gasteiger partial charge is 0.145 e. The number of pyridine rings is 2. The Bertz CT molecular complexity index is 3160. The van der Waals surface area contributed by atoms with Crippen molar-refractivity contribution in [2.75, 3.05) is 0 Å². The molecule has 5 aromatic carbocycles. The van der Waals surface area contributed by atoms with E-state index in [9.17, 15) is 0 Å². The van der Waals surface area contributed by atoms with Gasteiger partial charge in [-0.2, -0.15) is 0 Å². The third-order valence-electron chi connectivity index (χ3n) is 11.4. The van der Waals surface area contributed by atoms with Crippen LogP contribution in [-0.4, -0.2) is 19.1 Å². The maximum absolute atomic E-state index is 6.84. The van der Waals surface area contributed by atoms with Gasteiger partial charge in [0.25, 0.3) is 0 Å². The Labute approximate surface area is 310 Å². The maximum Gasteiger partial charge on any atom is 0.145 e. The Morgan fingerprint density at radius 3 is 2.25 bits per heavy atom. The number of rotatable bonds is 3. The lowest BCUT2D eigenvalue weighted by molar-refractivity contribution is 0.482. The van der Waals surface area contributed by atoms with Gasteiger partial charge in [-0.1, -0.05) is 89.2 Å². The van der Waals surface area contributed by atoms with Gasteiger partial charge in [0, 0.05) is 71.7 Å². The van der Waals surface area contributed by atoms with Crippen molar-refractivity contribution in [1.82, 2.24) is 19.1 Å². The van der Waals surface area contributed by atoms with E-state index in [2.05, 4.69) is 153 Å². The fourth-order valence-electron chi connectivity index (χ4n) is 8.99. The van der Waals surface area contributed by atoms with E-state index in [1.807, 2.05) is 29.8 Å². The molecule has 0 aliphatic carbocycles. The van der Waals surface area contributed by atoms with Crippen molar-refractivity contribution < 1.29 is 4.74 Å². The van der Waals surface area contributed by atoms with Crippen molar-refractivity contribution in [3.8, 4) is 23.0 Å². The average Bonchev–Trinajstić information content (AvgIpc) is 3.81. The standard InChI is InChI=1S/C47H36N4OS/c1-46(2,3)34-22-24-49-45-41(34)32-12-10-13-35-43(32)51(45)37-26-28(17-20-33(37)47(35,4)5)52-27-16-18-29-30-19-21-39-42(31-11-6-7-14-38(31)53-39)44(30)50(36(29)25-27)40-15-8-9-23-48-40/h6-26H,1-5H3.